The van der Waals surface area contributed by atoms with Crippen LogP contribution >= 0.6 is 0 Å². The standard InChI is InChI=1S/C21H21N3O2/c1-26-19-8-6-18(7-9-19)23-10-12-24(13-11-23)21-17(15-25)14-16-4-2-3-5-20(16)22-21/h2-9,14-15H,10-13H2,1H3. The molecule has 0 atom stereocenters. The van der Waals surface area contributed by atoms with Crippen molar-refractivity contribution in [2.75, 3.05) is 43.1 Å². The van der Waals surface area contributed by atoms with Gasteiger partial charge in [-0.1, -0.05) is 18.2 Å². The summed E-state index contributed by atoms with van der Waals surface area (Å²) in [6.45, 7) is 3.44. The molecule has 1 aromatic heterocycles. The predicted molar refractivity (Wildman–Crippen MR) is 105 cm³/mol. The van der Waals surface area contributed by atoms with Gasteiger partial charge in [0.25, 0.3) is 0 Å². The van der Waals surface area contributed by atoms with Crippen LogP contribution in [0.15, 0.2) is 54.6 Å². The largest absolute Gasteiger partial charge is 0.497 e. The normalized spacial score (nSPS) is 14.5. The van der Waals surface area contributed by atoms with Crippen molar-refractivity contribution in [1.29, 1.82) is 0 Å². The Morgan fingerprint density at radius 2 is 1.65 bits per heavy atom. The summed E-state index contributed by atoms with van der Waals surface area (Å²) in [7, 11) is 1.68. The van der Waals surface area contributed by atoms with Gasteiger partial charge in [-0.3, -0.25) is 4.79 Å². The summed E-state index contributed by atoms with van der Waals surface area (Å²) in [4.78, 5) is 20.9. The van der Waals surface area contributed by atoms with Gasteiger partial charge >= 0.3 is 0 Å². The molecule has 2 heterocycles. The smallest absolute Gasteiger partial charge is 0.153 e. The number of nitrogens with zero attached hydrogens (tertiary/aromatic N) is 3. The summed E-state index contributed by atoms with van der Waals surface area (Å²) in [5.41, 5.74) is 2.76. The molecule has 3 aromatic rings. The van der Waals surface area contributed by atoms with Gasteiger partial charge in [-0.25, -0.2) is 4.98 Å². The second-order valence-electron chi connectivity index (χ2n) is 6.38. The molecular formula is C21H21N3O2. The number of para-hydroxylation sites is 1. The molecule has 5 heteroatoms. The number of benzene rings is 2. The van der Waals surface area contributed by atoms with Gasteiger partial charge in [-0.15, -0.1) is 0 Å². The van der Waals surface area contributed by atoms with E-state index in [0.717, 1.165) is 54.9 Å². The van der Waals surface area contributed by atoms with Crippen LogP contribution in [0.1, 0.15) is 10.4 Å². The third kappa shape index (κ3) is 3.08. The second-order valence-corrected chi connectivity index (χ2v) is 6.38. The minimum atomic E-state index is 0.654. The monoisotopic (exact) mass is 347 g/mol. The van der Waals surface area contributed by atoms with E-state index in [1.54, 1.807) is 7.11 Å². The average molecular weight is 347 g/mol. The minimum absolute atomic E-state index is 0.654. The molecule has 4 rings (SSSR count). The molecule has 0 aliphatic carbocycles. The Labute approximate surface area is 152 Å². The number of hydrogen-bond acceptors (Lipinski definition) is 5. The molecule has 1 aliphatic heterocycles. The maximum Gasteiger partial charge on any atom is 0.153 e. The number of anilines is 2. The molecule has 1 saturated heterocycles. The molecule has 1 fully saturated rings. The summed E-state index contributed by atoms with van der Waals surface area (Å²) in [5, 5.41) is 0.996. The highest BCUT2D eigenvalue weighted by atomic mass is 16.5. The van der Waals surface area contributed by atoms with Crippen LogP contribution in [0.3, 0.4) is 0 Å². The van der Waals surface area contributed by atoms with Crippen LogP contribution in [0.2, 0.25) is 0 Å². The number of aldehydes is 1. The van der Waals surface area contributed by atoms with Gasteiger partial charge in [0, 0.05) is 37.3 Å². The van der Waals surface area contributed by atoms with Crippen LogP contribution in [0.25, 0.3) is 10.9 Å². The Morgan fingerprint density at radius 1 is 0.962 bits per heavy atom. The van der Waals surface area contributed by atoms with Gasteiger partial charge in [-0.05, 0) is 36.4 Å². The lowest BCUT2D eigenvalue weighted by Crippen LogP contribution is -2.47. The molecule has 0 radical (unpaired) electrons. The summed E-state index contributed by atoms with van der Waals surface area (Å²) < 4.78 is 5.22. The van der Waals surface area contributed by atoms with Gasteiger partial charge in [0.05, 0.1) is 18.2 Å². The van der Waals surface area contributed by atoms with Crippen molar-refractivity contribution in [3.63, 3.8) is 0 Å². The third-order valence-electron chi connectivity index (χ3n) is 4.88. The highest BCUT2D eigenvalue weighted by Crippen LogP contribution is 2.25. The van der Waals surface area contributed by atoms with Crippen molar-refractivity contribution in [2.45, 2.75) is 0 Å². The quantitative estimate of drug-likeness (QED) is 0.677. The maximum atomic E-state index is 11.6. The Bertz CT molecular complexity index is 916. The van der Waals surface area contributed by atoms with E-state index in [0.29, 0.717) is 5.56 Å². The fourth-order valence-electron chi connectivity index (χ4n) is 3.43. The molecule has 0 spiro atoms. The van der Waals surface area contributed by atoms with Crippen LogP contribution in [0.4, 0.5) is 11.5 Å². The summed E-state index contributed by atoms with van der Waals surface area (Å²) in [5.74, 6) is 1.65. The van der Waals surface area contributed by atoms with Gasteiger partial charge in [-0.2, -0.15) is 0 Å². The van der Waals surface area contributed by atoms with Crippen LogP contribution in [0.5, 0.6) is 5.75 Å². The van der Waals surface area contributed by atoms with E-state index < -0.39 is 0 Å². The number of fused-ring (bicyclic) bond motifs is 1. The Kier molecular flexibility index (Phi) is 4.44. The van der Waals surface area contributed by atoms with Crippen molar-refractivity contribution in [1.82, 2.24) is 4.98 Å². The predicted octanol–water partition coefficient (Wildman–Crippen LogP) is 3.38. The Hall–Kier alpha value is -3.08. The number of carbonyl (C=O) groups is 1. The number of methoxy groups -OCH3 is 1. The maximum absolute atomic E-state index is 11.6. The third-order valence-corrected chi connectivity index (χ3v) is 4.88. The van der Waals surface area contributed by atoms with Crippen molar-refractivity contribution < 1.29 is 9.53 Å². The first-order valence-electron chi connectivity index (χ1n) is 8.77. The lowest BCUT2D eigenvalue weighted by atomic mass is 10.1. The van der Waals surface area contributed by atoms with Gasteiger partial charge < -0.3 is 14.5 Å². The zero-order chi connectivity index (χ0) is 17.9. The van der Waals surface area contributed by atoms with E-state index in [9.17, 15) is 4.79 Å². The molecule has 2 aromatic carbocycles. The van der Waals surface area contributed by atoms with Crippen LogP contribution in [-0.2, 0) is 0 Å². The lowest BCUT2D eigenvalue weighted by molar-refractivity contribution is 0.112. The van der Waals surface area contributed by atoms with Gasteiger partial charge in [0.15, 0.2) is 6.29 Å². The molecule has 0 saturated carbocycles. The van der Waals surface area contributed by atoms with E-state index in [-0.39, 0.29) is 0 Å². The topological polar surface area (TPSA) is 45.7 Å². The zero-order valence-corrected chi connectivity index (χ0v) is 14.8. The highest BCUT2D eigenvalue weighted by Gasteiger charge is 2.21. The molecule has 0 unspecified atom stereocenters. The molecule has 26 heavy (non-hydrogen) atoms. The van der Waals surface area contributed by atoms with Gasteiger partial charge in [0.1, 0.15) is 11.6 Å². The number of hydrogen-bond donors (Lipinski definition) is 0. The first kappa shape index (κ1) is 16.4. The first-order valence-corrected chi connectivity index (χ1v) is 8.77. The molecule has 0 N–H and O–H groups in total. The average Bonchev–Trinajstić information content (AvgIpc) is 2.73. The lowest BCUT2D eigenvalue weighted by Gasteiger charge is -2.37. The van der Waals surface area contributed by atoms with E-state index in [4.69, 9.17) is 9.72 Å². The fourth-order valence-corrected chi connectivity index (χ4v) is 3.43. The number of aromatic nitrogens is 1. The van der Waals surface area contributed by atoms with E-state index >= 15 is 0 Å². The first-order chi connectivity index (χ1) is 12.8. The minimum Gasteiger partial charge on any atom is -0.497 e. The van der Waals surface area contributed by atoms with E-state index in [1.165, 1.54) is 5.69 Å². The molecule has 0 bridgehead atoms. The van der Waals surface area contributed by atoms with E-state index in [2.05, 4.69) is 21.9 Å². The summed E-state index contributed by atoms with van der Waals surface area (Å²) in [6, 6.07) is 18.0. The number of piperazine rings is 1. The second kappa shape index (κ2) is 7.04. The molecule has 0 amide bonds. The number of pyridine rings is 1. The van der Waals surface area contributed by atoms with Crippen molar-refractivity contribution in [3.05, 3.63) is 60.2 Å². The summed E-state index contributed by atoms with van der Waals surface area (Å²) >= 11 is 0. The molecule has 132 valence electrons. The van der Waals surface area contributed by atoms with Crippen LogP contribution in [0, 0.1) is 0 Å². The fraction of sp³-hybridized carbons (Fsp3) is 0.238. The van der Waals surface area contributed by atoms with E-state index in [1.807, 2.05) is 42.5 Å². The highest BCUT2D eigenvalue weighted by molar-refractivity contribution is 5.91. The van der Waals surface area contributed by atoms with Crippen LogP contribution in [-0.4, -0.2) is 44.6 Å². The van der Waals surface area contributed by atoms with Crippen molar-refractivity contribution >= 4 is 28.7 Å². The Morgan fingerprint density at radius 3 is 2.35 bits per heavy atom. The van der Waals surface area contributed by atoms with Crippen LogP contribution < -0.4 is 14.5 Å². The molecular weight excluding hydrogens is 326 g/mol. The molecule has 1 aliphatic rings. The van der Waals surface area contributed by atoms with Crippen molar-refractivity contribution in [3.8, 4) is 5.75 Å². The number of rotatable bonds is 4. The number of ether oxygens (including phenoxy) is 1. The molecule has 5 nitrogen and oxygen atoms in total. The van der Waals surface area contributed by atoms with Crippen molar-refractivity contribution in [2.24, 2.45) is 0 Å². The number of carbonyl (C=O) groups excluding carboxylic acids is 1. The van der Waals surface area contributed by atoms with Gasteiger partial charge in [0.2, 0.25) is 0 Å². The summed E-state index contributed by atoms with van der Waals surface area (Å²) in [6.07, 6.45) is 0.907. The zero-order valence-electron chi connectivity index (χ0n) is 14.8. The Balaban J connectivity index is 1.54. The SMILES string of the molecule is COc1ccc(N2CCN(c3nc4ccccc4cc3C=O)CC2)cc1.